The lowest BCUT2D eigenvalue weighted by Gasteiger charge is -2.27. The number of hydrogen-bond donors (Lipinski definition) is 2. The first-order valence-corrected chi connectivity index (χ1v) is 6.85. The molecule has 2 unspecified atom stereocenters. The quantitative estimate of drug-likeness (QED) is 0.881. The number of amides is 1. The summed E-state index contributed by atoms with van der Waals surface area (Å²) in [5.41, 5.74) is 0.625. The van der Waals surface area contributed by atoms with E-state index >= 15 is 0 Å². The minimum Gasteiger partial charge on any atom is -0.326 e. The Hall–Kier alpha value is -0.940. The fourth-order valence-electron chi connectivity index (χ4n) is 2.19. The van der Waals surface area contributed by atoms with Gasteiger partial charge in [-0.3, -0.25) is 4.79 Å². The fraction of sp³-hybridized carbons (Fsp3) is 0.462. The van der Waals surface area contributed by atoms with E-state index in [1.54, 1.807) is 12.1 Å². The summed E-state index contributed by atoms with van der Waals surface area (Å²) in [6.07, 6.45) is 1.69. The van der Waals surface area contributed by atoms with Gasteiger partial charge in [0.2, 0.25) is 5.91 Å². The molecule has 3 nitrogen and oxygen atoms in total. The largest absolute Gasteiger partial charge is 0.326 e. The number of carbonyl (C=O) groups is 1. The van der Waals surface area contributed by atoms with Crippen LogP contribution >= 0.6 is 15.9 Å². The average molecular weight is 315 g/mol. The SMILES string of the molecule is CC1CC(C(=O)Nc2ccc(F)c(Br)c2)CCN1. The van der Waals surface area contributed by atoms with Crippen molar-refractivity contribution in [1.29, 1.82) is 0 Å². The molecule has 18 heavy (non-hydrogen) atoms. The van der Waals surface area contributed by atoms with E-state index in [1.165, 1.54) is 6.07 Å². The van der Waals surface area contributed by atoms with E-state index in [0.717, 1.165) is 19.4 Å². The average Bonchev–Trinajstić information content (AvgIpc) is 2.34. The van der Waals surface area contributed by atoms with Crippen molar-refractivity contribution in [3.63, 3.8) is 0 Å². The molecule has 0 spiro atoms. The van der Waals surface area contributed by atoms with Crippen LogP contribution in [0.25, 0.3) is 0 Å². The molecule has 1 amide bonds. The lowest BCUT2D eigenvalue weighted by atomic mass is 9.92. The number of carbonyl (C=O) groups excluding carboxylic acids is 1. The number of benzene rings is 1. The van der Waals surface area contributed by atoms with Crippen LogP contribution in [0.15, 0.2) is 22.7 Å². The van der Waals surface area contributed by atoms with Gasteiger partial charge in [0, 0.05) is 17.6 Å². The van der Waals surface area contributed by atoms with Crippen molar-refractivity contribution in [2.75, 3.05) is 11.9 Å². The summed E-state index contributed by atoms with van der Waals surface area (Å²) in [6, 6.07) is 4.86. The fourth-order valence-corrected chi connectivity index (χ4v) is 2.57. The van der Waals surface area contributed by atoms with Gasteiger partial charge in [-0.25, -0.2) is 4.39 Å². The number of hydrogen-bond acceptors (Lipinski definition) is 2. The highest BCUT2D eigenvalue weighted by Gasteiger charge is 2.24. The van der Waals surface area contributed by atoms with E-state index < -0.39 is 0 Å². The van der Waals surface area contributed by atoms with Crippen LogP contribution in [0.2, 0.25) is 0 Å². The Morgan fingerprint density at radius 1 is 1.56 bits per heavy atom. The predicted molar refractivity (Wildman–Crippen MR) is 72.9 cm³/mol. The third-order valence-electron chi connectivity index (χ3n) is 3.18. The highest BCUT2D eigenvalue weighted by Crippen LogP contribution is 2.22. The second kappa shape index (κ2) is 5.80. The molecule has 5 heteroatoms. The maximum atomic E-state index is 13.1. The first kappa shape index (κ1) is 13.5. The zero-order valence-electron chi connectivity index (χ0n) is 10.2. The second-order valence-corrected chi connectivity index (χ2v) is 5.55. The van der Waals surface area contributed by atoms with Gasteiger partial charge >= 0.3 is 0 Å². The summed E-state index contributed by atoms with van der Waals surface area (Å²) in [7, 11) is 0. The summed E-state index contributed by atoms with van der Waals surface area (Å²) in [4.78, 5) is 12.1. The number of piperidine rings is 1. The first-order chi connectivity index (χ1) is 8.56. The first-order valence-electron chi connectivity index (χ1n) is 6.05. The van der Waals surface area contributed by atoms with Gasteiger partial charge in [-0.05, 0) is 60.4 Å². The van der Waals surface area contributed by atoms with Gasteiger partial charge in [0.25, 0.3) is 0 Å². The summed E-state index contributed by atoms with van der Waals surface area (Å²) < 4.78 is 13.4. The molecule has 1 aromatic rings. The minimum atomic E-state index is -0.330. The Labute approximate surface area is 114 Å². The topological polar surface area (TPSA) is 41.1 Å². The smallest absolute Gasteiger partial charge is 0.227 e. The standard InChI is InChI=1S/C13H16BrFN2O/c1-8-6-9(4-5-16-8)13(18)17-10-2-3-12(15)11(14)7-10/h2-3,7-9,16H,4-6H2,1H3,(H,17,18). The number of nitrogens with one attached hydrogen (secondary N) is 2. The van der Waals surface area contributed by atoms with Crippen molar-refractivity contribution in [1.82, 2.24) is 5.32 Å². The maximum absolute atomic E-state index is 13.1. The molecule has 0 saturated carbocycles. The Morgan fingerprint density at radius 3 is 3.00 bits per heavy atom. The number of anilines is 1. The summed E-state index contributed by atoms with van der Waals surface area (Å²) >= 11 is 3.11. The molecule has 2 N–H and O–H groups in total. The van der Waals surface area contributed by atoms with Crippen molar-refractivity contribution in [2.45, 2.75) is 25.8 Å². The van der Waals surface area contributed by atoms with Crippen LogP contribution < -0.4 is 10.6 Å². The van der Waals surface area contributed by atoms with E-state index in [4.69, 9.17) is 0 Å². The van der Waals surface area contributed by atoms with Crippen LogP contribution in [-0.4, -0.2) is 18.5 Å². The molecule has 98 valence electrons. The van der Waals surface area contributed by atoms with Crippen LogP contribution in [0.3, 0.4) is 0 Å². The van der Waals surface area contributed by atoms with E-state index in [9.17, 15) is 9.18 Å². The number of halogens is 2. The molecule has 1 fully saturated rings. The van der Waals surface area contributed by atoms with E-state index in [1.807, 2.05) is 0 Å². The molecule has 1 aliphatic heterocycles. The van der Waals surface area contributed by atoms with Gasteiger partial charge < -0.3 is 10.6 Å². The normalized spacial score (nSPS) is 23.7. The van der Waals surface area contributed by atoms with Crippen molar-refractivity contribution >= 4 is 27.5 Å². The van der Waals surface area contributed by atoms with Crippen LogP contribution in [0.1, 0.15) is 19.8 Å². The lowest BCUT2D eigenvalue weighted by molar-refractivity contribution is -0.120. The molecule has 0 aromatic heterocycles. The molecule has 1 saturated heterocycles. The van der Waals surface area contributed by atoms with Gasteiger partial charge in [-0.15, -0.1) is 0 Å². The maximum Gasteiger partial charge on any atom is 0.227 e. The molecule has 1 aromatic carbocycles. The van der Waals surface area contributed by atoms with Gasteiger partial charge in [0.05, 0.1) is 4.47 Å². The molecule has 0 bridgehead atoms. The number of rotatable bonds is 2. The lowest BCUT2D eigenvalue weighted by Crippen LogP contribution is -2.40. The van der Waals surface area contributed by atoms with Crippen LogP contribution in [0.5, 0.6) is 0 Å². The Kier molecular flexibility index (Phi) is 4.35. The zero-order valence-corrected chi connectivity index (χ0v) is 11.8. The van der Waals surface area contributed by atoms with Gasteiger partial charge in [-0.2, -0.15) is 0 Å². The summed E-state index contributed by atoms with van der Waals surface area (Å²) in [5.74, 6) is -0.282. The molecule has 0 radical (unpaired) electrons. The van der Waals surface area contributed by atoms with E-state index in [2.05, 4.69) is 33.5 Å². The van der Waals surface area contributed by atoms with Crippen molar-refractivity contribution in [3.8, 4) is 0 Å². The Balaban J connectivity index is 2.00. The predicted octanol–water partition coefficient (Wildman–Crippen LogP) is 2.91. The van der Waals surface area contributed by atoms with Gasteiger partial charge in [0.15, 0.2) is 0 Å². The molecule has 1 heterocycles. The molecular formula is C13H16BrFN2O. The van der Waals surface area contributed by atoms with Crippen molar-refractivity contribution in [2.24, 2.45) is 5.92 Å². The highest BCUT2D eigenvalue weighted by molar-refractivity contribution is 9.10. The summed E-state index contributed by atoms with van der Waals surface area (Å²) in [6.45, 7) is 2.94. The van der Waals surface area contributed by atoms with E-state index in [-0.39, 0.29) is 17.6 Å². The van der Waals surface area contributed by atoms with Crippen molar-refractivity contribution in [3.05, 3.63) is 28.5 Å². The van der Waals surface area contributed by atoms with Crippen LogP contribution in [0.4, 0.5) is 10.1 Å². The molecule has 2 rings (SSSR count). The molecule has 0 aliphatic carbocycles. The van der Waals surface area contributed by atoms with Gasteiger partial charge in [-0.1, -0.05) is 0 Å². The van der Waals surface area contributed by atoms with Crippen molar-refractivity contribution < 1.29 is 9.18 Å². The van der Waals surface area contributed by atoms with Crippen LogP contribution in [-0.2, 0) is 4.79 Å². The third-order valence-corrected chi connectivity index (χ3v) is 3.79. The third kappa shape index (κ3) is 3.29. The second-order valence-electron chi connectivity index (χ2n) is 4.69. The monoisotopic (exact) mass is 314 g/mol. The van der Waals surface area contributed by atoms with Crippen LogP contribution in [0, 0.1) is 11.7 Å². The highest BCUT2D eigenvalue weighted by atomic mass is 79.9. The summed E-state index contributed by atoms with van der Waals surface area (Å²) in [5, 5.41) is 6.15. The van der Waals surface area contributed by atoms with Gasteiger partial charge in [0.1, 0.15) is 5.82 Å². The van der Waals surface area contributed by atoms with E-state index in [0.29, 0.717) is 16.2 Å². The Morgan fingerprint density at radius 2 is 2.33 bits per heavy atom. The molecular weight excluding hydrogens is 299 g/mol. The minimum absolute atomic E-state index is 0.0156. The molecule has 1 aliphatic rings. The zero-order chi connectivity index (χ0) is 13.1. The Bertz CT molecular complexity index is 453. The molecule has 2 atom stereocenters.